The summed E-state index contributed by atoms with van der Waals surface area (Å²) in [7, 11) is 0. The summed E-state index contributed by atoms with van der Waals surface area (Å²) in [5.41, 5.74) is 0.985. The minimum atomic E-state index is -0.458. The largest absolute Gasteiger partial charge is 0.310 e. The molecule has 2 aromatic rings. The summed E-state index contributed by atoms with van der Waals surface area (Å²) in [5.74, 6) is 0.527. The zero-order valence-electron chi connectivity index (χ0n) is 9.90. The lowest BCUT2D eigenvalue weighted by molar-refractivity contribution is 0.624. The van der Waals surface area contributed by atoms with E-state index >= 15 is 0 Å². The molecule has 0 amide bonds. The highest BCUT2D eigenvalue weighted by Crippen LogP contribution is 2.38. The van der Waals surface area contributed by atoms with Crippen molar-refractivity contribution in [3.05, 3.63) is 46.0 Å². The van der Waals surface area contributed by atoms with Gasteiger partial charge in [-0.2, -0.15) is 0 Å². The molecular formula is C13H12FN3O. The van der Waals surface area contributed by atoms with Crippen LogP contribution in [0.2, 0.25) is 0 Å². The molecule has 0 saturated heterocycles. The molecule has 0 aliphatic heterocycles. The van der Waals surface area contributed by atoms with Crippen molar-refractivity contribution < 1.29 is 4.39 Å². The third-order valence-corrected chi connectivity index (χ3v) is 3.16. The van der Waals surface area contributed by atoms with E-state index in [-0.39, 0.29) is 5.56 Å². The zero-order chi connectivity index (χ0) is 12.7. The lowest BCUT2D eigenvalue weighted by atomic mass is 10.1. The van der Waals surface area contributed by atoms with Gasteiger partial charge in [-0.05, 0) is 25.8 Å². The van der Waals surface area contributed by atoms with Crippen LogP contribution in [0.3, 0.4) is 0 Å². The Bertz CT molecular complexity index is 662. The van der Waals surface area contributed by atoms with Crippen molar-refractivity contribution in [1.29, 1.82) is 0 Å². The Morgan fingerprint density at radius 2 is 2.22 bits per heavy atom. The van der Waals surface area contributed by atoms with Crippen molar-refractivity contribution in [1.82, 2.24) is 15.0 Å². The van der Waals surface area contributed by atoms with Crippen LogP contribution < -0.4 is 5.56 Å². The van der Waals surface area contributed by atoms with Gasteiger partial charge in [0.15, 0.2) is 5.82 Å². The molecule has 18 heavy (non-hydrogen) atoms. The van der Waals surface area contributed by atoms with Gasteiger partial charge in [-0.25, -0.2) is 9.37 Å². The third kappa shape index (κ3) is 1.81. The third-order valence-electron chi connectivity index (χ3n) is 3.16. The van der Waals surface area contributed by atoms with Crippen LogP contribution >= 0.6 is 0 Å². The molecule has 0 radical (unpaired) electrons. The lowest BCUT2D eigenvalue weighted by Gasteiger charge is -2.07. The Labute approximate surface area is 103 Å². The predicted molar refractivity (Wildman–Crippen MR) is 64.8 cm³/mol. The van der Waals surface area contributed by atoms with Crippen molar-refractivity contribution in [2.45, 2.75) is 25.7 Å². The van der Waals surface area contributed by atoms with Gasteiger partial charge in [0.1, 0.15) is 5.82 Å². The van der Waals surface area contributed by atoms with Gasteiger partial charge < -0.3 is 4.98 Å². The molecule has 1 fully saturated rings. The van der Waals surface area contributed by atoms with Gasteiger partial charge >= 0.3 is 0 Å². The van der Waals surface area contributed by atoms with Crippen LogP contribution in [0.4, 0.5) is 4.39 Å². The normalized spacial score (nSPS) is 14.8. The number of nitrogens with zero attached hydrogens (tertiary/aromatic N) is 2. The predicted octanol–water partition coefficient (Wildman–Crippen LogP) is 2.16. The van der Waals surface area contributed by atoms with E-state index in [4.69, 9.17) is 0 Å². The summed E-state index contributed by atoms with van der Waals surface area (Å²) in [6.45, 7) is 1.65. The standard InChI is InChI=1S/C13H12FN3O/c1-7-11(9-4-5-15-6-10(9)14)16-12(8-2-3-8)17-13(7)18/h4-6,8H,2-3H2,1H3,(H,16,17,18). The minimum Gasteiger partial charge on any atom is -0.310 e. The van der Waals surface area contributed by atoms with E-state index in [0.29, 0.717) is 28.6 Å². The molecule has 1 N–H and O–H groups in total. The number of pyridine rings is 1. The van der Waals surface area contributed by atoms with Crippen LogP contribution in [-0.4, -0.2) is 15.0 Å². The van der Waals surface area contributed by atoms with E-state index in [1.54, 1.807) is 13.0 Å². The van der Waals surface area contributed by atoms with Crippen molar-refractivity contribution >= 4 is 0 Å². The maximum absolute atomic E-state index is 13.7. The van der Waals surface area contributed by atoms with Crippen molar-refractivity contribution in [3.8, 4) is 11.3 Å². The highest BCUT2D eigenvalue weighted by Gasteiger charge is 2.27. The molecule has 0 atom stereocenters. The molecule has 1 saturated carbocycles. The highest BCUT2D eigenvalue weighted by atomic mass is 19.1. The second-order valence-electron chi connectivity index (χ2n) is 4.55. The summed E-state index contributed by atoms with van der Waals surface area (Å²) in [4.78, 5) is 22.7. The minimum absolute atomic E-state index is 0.196. The molecule has 0 unspecified atom stereocenters. The monoisotopic (exact) mass is 245 g/mol. The van der Waals surface area contributed by atoms with Crippen LogP contribution in [0.25, 0.3) is 11.3 Å². The lowest BCUT2D eigenvalue weighted by Crippen LogP contribution is -2.16. The van der Waals surface area contributed by atoms with Gasteiger partial charge in [-0.15, -0.1) is 0 Å². The molecule has 0 aromatic carbocycles. The Hall–Kier alpha value is -2.04. The molecule has 0 spiro atoms. The molecule has 2 heterocycles. The number of halogens is 1. The number of aromatic nitrogens is 3. The summed E-state index contributed by atoms with van der Waals surface area (Å²) in [6.07, 6.45) is 4.69. The first-order chi connectivity index (χ1) is 8.66. The Morgan fingerprint density at radius 3 is 2.89 bits per heavy atom. The SMILES string of the molecule is Cc1c(-c2ccncc2F)nc(C2CC2)[nH]c1=O. The number of hydrogen-bond acceptors (Lipinski definition) is 3. The Morgan fingerprint density at radius 1 is 1.44 bits per heavy atom. The van der Waals surface area contributed by atoms with Gasteiger partial charge in [-0.1, -0.05) is 0 Å². The van der Waals surface area contributed by atoms with Crippen LogP contribution in [0.15, 0.2) is 23.3 Å². The number of hydrogen-bond donors (Lipinski definition) is 1. The van der Waals surface area contributed by atoms with E-state index in [1.807, 2.05) is 0 Å². The van der Waals surface area contributed by atoms with Gasteiger partial charge in [0, 0.05) is 23.2 Å². The molecule has 4 nitrogen and oxygen atoms in total. The Balaban J connectivity index is 2.22. The fraction of sp³-hybridized carbons (Fsp3) is 0.308. The number of aromatic amines is 1. The van der Waals surface area contributed by atoms with Crippen molar-refractivity contribution in [3.63, 3.8) is 0 Å². The van der Waals surface area contributed by atoms with Crippen molar-refractivity contribution in [2.75, 3.05) is 0 Å². The molecule has 1 aliphatic carbocycles. The van der Waals surface area contributed by atoms with Crippen LogP contribution in [0, 0.1) is 12.7 Å². The number of nitrogens with one attached hydrogen (secondary N) is 1. The van der Waals surface area contributed by atoms with E-state index in [0.717, 1.165) is 19.0 Å². The van der Waals surface area contributed by atoms with E-state index in [2.05, 4.69) is 15.0 Å². The first-order valence-electron chi connectivity index (χ1n) is 5.87. The van der Waals surface area contributed by atoms with Gasteiger partial charge in [-0.3, -0.25) is 9.78 Å². The highest BCUT2D eigenvalue weighted by molar-refractivity contribution is 5.62. The fourth-order valence-corrected chi connectivity index (χ4v) is 1.93. The van der Waals surface area contributed by atoms with Gasteiger partial charge in [0.05, 0.1) is 11.9 Å². The smallest absolute Gasteiger partial charge is 0.254 e. The zero-order valence-corrected chi connectivity index (χ0v) is 9.90. The second kappa shape index (κ2) is 4.01. The molecule has 2 aromatic heterocycles. The average molecular weight is 245 g/mol. The first kappa shape index (κ1) is 11.1. The first-order valence-corrected chi connectivity index (χ1v) is 5.87. The van der Waals surface area contributed by atoms with E-state index < -0.39 is 5.82 Å². The number of H-pyrrole nitrogens is 1. The molecule has 3 rings (SSSR count). The molecule has 92 valence electrons. The summed E-state index contributed by atoms with van der Waals surface area (Å²) in [6, 6.07) is 1.54. The van der Waals surface area contributed by atoms with Crippen LogP contribution in [-0.2, 0) is 0 Å². The molecule has 1 aliphatic rings. The number of rotatable bonds is 2. The van der Waals surface area contributed by atoms with Crippen LogP contribution in [0.1, 0.15) is 30.1 Å². The second-order valence-corrected chi connectivity index (χ2v) is 4.55. The quantitative estimate of drug-likeness (QED) is 0.882. The van der Waals surface area contributed by atoms with E-state index in [1.165, 1.54) is 6.20 Å². The summed E-state index contributed by atoms with van der Waals surface area (Å²) >= 11 is 0. The van der Waals surface area contributed by atoms with Gasteiger partial charge in [0.2, 0.25) is 0 Å². The maximum Gasteiger partial charge on any atom is 0.254 e. The van der Waals surface area contributed by atoms with Crippen molar-refractivity contribution in [2.24, 2.45) is 0 Å². The Kier molecular flexibility index (Phi) is 2.47. The fourth-order valence-electron chi connectivity index (χ4n) is 1.93. The molecular weight excluding hydrogens is 233 g/mol. The maximum atomic E-state index is 13.7. The molecule has 0 bridgehead atoms. The summed E-state index contributed by atoms with van der Waals surface area (Å²) in [5, 5.41) is 0. The van der Waals surface area contributed by atoms with Crippen LogP contribution in [0.5, 0.6) is 0 Å². The molecule has 5 heteroatoms. The summed E-state index contributed by atoms with van der Waals surface area (Å²) < 4.78 is 13.7. The van der Waals surface area contributed by atoms with E-state index in [9.17, 15) is 9.18 Å². The topological polar surface area (TPSA) is 58.6 Å². The average Bonchev–Trinajstić information content (AvgIpc) is 3.18. The van der Waals surface area contributed by atoms with Gasteiger partial charge in [0.25, 0.3) is 5.56 Å².